The van der Waals surface area contributed by atoms with Gasteiger partial charge < -0.3 is 10.4 Å². The number of benzodiazepines with no additional fused rings is 1. The van der Waals surface area contributed by atoms with E-state index in [0.717, 1.165) is 0 Å². The Bertz CT molecular complexity index is 1350. The van der Waals surface area contributed by atoms with E-state index in [9.17, 15) is 32.7 Å². The topological polar surface area (TPSA) is 112 Å². The largest absolute Gasteiger partial charge is 0.481 e. The summed E-state index contributed by atoms with van der Waals surface area (Å²) < 4.78 is 38.6. The van der Waals surface area contributed by atoms with Crippen molar-refractivity contribution in [3.05, 3.63) is 90.1 Å². The first kappa shape index (κ1) is 26.5. The predicted molar refractivity (Wildman–Crippen MR) is 133 cm³/mol. The van der Waals surface area contributed by atoms with Crippen LogP contribution in [0.4, 0.5) is 24.7 Å². The van der Waals surface area contributed by atoms with E-state index in [4.69, 9.17) is 0 Å². The minimum absolute atomic E-state index is 0.243. The second-order valence-corrected chi connectivity index (χ2v) is 8.58. The van der Waals surface area contributed by atoms with Crippen LogP contribution in [0.15, 0.2) is 84.0 Å². The highest BCUT2D eigenvalue weighted by molar-refractivity contribution is 6.21. The quantitative estimate of drug-likeness (QED) is 0.452. The van der Waals surface area contributed by atoms with Crippen LogP contribution in [-0.2, 0) is 14.4 Å². The molecule has 1 aliphatic heterocycles. The van der Waals surface area contributed by atoms with E-state index in [-0.39, 0.29) is 5.82 Å². The maximum atomic E-state index is 13.9. The number of carboxylic acids is 1. The zero-order valence-corrected chi connectivity index (χ0v) is 19.9. The number of aliphatic carboxylic acids is 1. The summed E-state index contributed by atoms with van der Waals surface area (Å²) in [6, 6.07) is 20.8. The number of carbonyl (C=O) groups excluding carboxylic acids is 2. The van der Waals surface area contributed by atoms with E-state index in [0.29, 0.717) is 22.5 Å². The fraction of sp³-hybridized carbons (Fsp3) is 0.222. The van der Waals surface area contributed by atoms with E-state index in [1.165, 1.54) is 11.1 Å². The van der Waals surface area contributed by atoms with Crippen LogP contribution in [-0.4, -0.2) is 45.9 Å². The van der Waals surface area contributed by atoms with E-state index in [2.05, 4.69) is 15.3 Å². The van der Waals surface area contributed by atoms with Gasteiger partial charge in [-0.3, -0.25) is 19.3 Å². The summed E-state index contributed by atoms with van der Waals surface area (Å²) in [6.07, 6.45) is -7.58. The van der Waals surface area contributed by atoms with Gasteiger partial charge in [0.25, 0.3) is 5.91 Å². The zero-order valence-electron chi connectivity index (χ0n) is 19.9. The molecule has 38 heavy (non-hydrogen) atoms. The Labute approximate surface area is 215 Å². The lowest BCUT2D eigenvalue weighted by Crippen LogP contribution is -2.48. The standard InChI is InChI=1S/C27H23F3N4O4/c28-27(29,30)14-13-18(16-22(35)36)25(37)33-24-26(38)34(21-12-6-7-15-31-21)20-11-5-4-10-19(20)23(32-24)17-8-2-1-3-9-17/h1-12,15,18,24H,13-14,16H2,(H,33,37)(H,35,36). The number of fused-ring (bicyclic) bond motifs is 1. The molecule has 11 heteroatoms. The smallest absolute Gasteiger partial charge is 0.389 e. The van der Waals surface area contributed by atoms with Crippen molar-refractivity contribution in [1.29, 1.82) is 0 Å². The normalized spacial score (nSPS) is 16.2. The van der Waals surface area contributed by atoms with Crippen LogP contribution in [0.25, 0.3) is 0 Å². The SMILES string of the molecule is O=C(O)CC(CCC(F)(F)F)C(=O)NC1N=C(c2ccccc2)c2ccccc2N(c2ccccn2)C1=O. The molecule has 2 aromatic carbocycles. The first-order valence-electron chi connectivity index (χ1n) is 11.7. The fourth-order valence-electron chi connectivity index (χ4n) is 4.13. The first-order chi connectivity index (χ1) is 18.1. The Hall–Kier alpha value is -4.54. The highest BCUT2D eigenvalue weighted by Crippen LogP contribution is 2.33. The number of amides is 2. The van der Waals surface area contributed by atoms with E-state index < -0.39 is 55.3 Å². The summed E-state index contributed by atoms with van der Waals surface area (Å²) in [4.78, 5) is 48.3. The molecule has 0 radical (unpaired) electrons. The summed E-state index contributed by atoms with van der Waals surface area (Å²) in [5.41, 5.74) is 2.00. The minimum Gasteiger partial charge on any atom is -0.481 e. The molecule has 3 aromatic rings. The molecule has 1 aliphatic rings. The highest BCUT2D eigenvalue weighted by atomic mass is 19.4. The highest BCUT2D eigenvalue weighted by Gasteiger charge is 2.37. The lowest BCUT2D eigenvalue weighted by atomic mass is 9.98. The molecule has 0 aliphatic carbocycles. The molecule has 0 saturated carbocycles. The maximum Gasteiger partial charge on any atom is 0.389 e. The van der Waals surface area contributed by atoms with Gasteiger partial charge in [-0.05, 0) is 24.6 Å². The number of halogens is 3. The third kappa shape index (κ3) is 6.23. The predicted octanol–water partition coefficient (Wildman–Crippen LogP) is 4.47. The van der Waals surface area contributed by atoms with Gasteiger partial charge in [0, 0.05) is 29.7 Å². The van der Waals surface area contributed by atoms with Crippen molar-refractivity contribution in [3.8, 4) is 0 Å². The number of carbonyl (C=O) groups is 3. The van der Waals surface area contributed by atoms with Crippen molar-refractivity contribution in [2.75, 3.05) is 4.90 Å². The maximum absolute atomic E-state index is 13.9. The van der Waals surface area contributed by atoms with Crippen molar-refractivity contribution < 1.29 is 32.7 Å². The van der Waals surface area contributed by atoms with Gasteiger partial charge in [0.2, 0.25) is 12.1 Å². The molecule has 2 unspecified atom stereocenters. The molecule has 1 aromatic heterocycles. The van der Waals surface area contributed by atoms with Crippen LogP contribution < -0.4 is 10.2 Å². The van der Waals surface area contributed by atoms with Crippen LogP contribution in [0.3, 0.4) is 0 Å². The number of hydrogen-bond donors (Lipinski definition) is 2. The molecule has 4 rings (SSSR count). The van der Waals surface area contributed by atoms with Gasteiger partial charge in [-0.25, -0.2) is 9.98 Å². The molecule has 2 atom stereocenters. The van der Waals surface area contributed by atoms with Crippen LogP contribution in [0.5, 0.6) is 0 Å². The van der Waals surface area contributed by atoms with Gasteiger partial charge in [-0.15, -0.1) is 0 Å². The summed E-state index contributed by atoms with van der Waals surface area (Å²) in [7, 11) is 0. The molecule has 8 nitrogen and oxygen atoms in total. The molecule has 196 valence electrons. The number of carboxylic acid groups (broad SMARTS) is 1. The van der Waals surface area contributed by atoms with Crippen LogP contribution in [0.1, 0.15) is 30.4 Å². The molecule has 2 heterocycles. The Kier molecular flexibility index (Phi) is 7.85. The number of aromatic nitrogens is 1. The monoisotopic (exact) mass is 524 g/mol. The number of pyridine rings is 1. The molecule has 2 N–H and O–H groups in total. The number of aliphatic imine (C=N–C) groups is 1. The van der Waals surface area contributed by atoms with Gasteiger partial charge in [0.1, 0.15) is 5.82 Å². The number of benzene rings is 2. The van der Waals surface area contributed by atoms with Crippen LogP contribution in [0.2, 0.25) is 0 Å². The Morgan fingerprint density at radius 1 is 1.00 bits per heavy atom. The van der Waals surface area contributed by atoms with Gasteiger partial charge in [-0.1, -0.05) is 54.6 Å². The Morgan fingerprint density at radius 2 is 1.68 bits per heavy atom. The average Bonchev–Trinajstić information content (AvgIpc) is 3.01. The minimum atomic E-state index is -4.58. The van der Waals surface area contributed by atoms with Crippen LogP contribution in [0, 0.1) is 5.92 Å². The number of nitrogens with one attached hydrogen (secondary N) is 1. The van der Waals surface area contributed by atoms with E-state index in [1.54, 1.807) is 72.8 Å². The molecule has 0 bridgehead atoms. The molecule has 0 spiro atoms. The van der Waals surface area contributed by atoms with E-state index in [1.807, 2.05) is 0 Å². The summed E-state index contributed by atoms with van der Waals surface area (Å²) >= 11 is 0. The lowest BCUT2D eigenvalue weighted by Gasteiger charge is -2.25. The van der Waals surface area contributed by atoms with Gasteiger partial charge >= 0.3 is 12.1 Å². The number of alkyl halides is 3. The number of para-hydroxylation sites is 1. The Morgan fingerprint density at radius 3 is 2.34 bits per heavy atom. The van der Waals surface area contributed by atoms with Gasteiger partial charge in [0.05, 0.1) is 17.8 Å². The van der Waals surface area contributed by atoms with Crippen molar-refractivity contribution in [2.45, 2.75) is 31.6 Å². The summed E-state index contributed by atoms with van der Waals surface area (Å²) in [6.45, 7) is 0. The van der Waals surface area contributed by atoms with Crippen molar-refractivity contribution in [3.63, 3.8) is 0 Å². The molecule has 0 fully saturated rings. The van der Waals surface area contributed by atoms with Crippen molar-refractivity contribution in [1.82, 2.24) is 10.3 Å². The molecule has 2 amide bonds. The van der Waals surface area contributed by atoms with Gasteiger partial charge in [-0.2, -0.15) is 13.2 Å². The summed E-state index contributed by atoms with van der Waals surface area (Å²) in [5, 5.41) is 11.6. The number of hydrogen-bond acceptors (Lipinski definition) is 5. The van der Waals surface area contributed by atoms with Crippen molar-refractivity contribution in [2.24, 2.45) is 10.9 Å². The zero-order chi connectivity index (χ0) is 27.3. The van der Waals surface area contributed by atoms with Crippen molar-refractivity contribution >= 4 is 35.0 Å². The fourth-order valence-corrected chi connectivity index (χ4v) is 4.13. The number of rotatable bonds is 8. The van der Waals surface area contributed by atoms with E-state index >= 15 is 0 Å². The number of anilines is 2. The lowest BCUT2D eigenvalue weighted by molar-refractivity contribution is -0.148. The second-order valence-electron chi connectivity index (χ2n) is 8.58. The third-order valence-corrected chi connectivity index (χ3v) is 5.89. The molecule has 0 saturated heterocycles. The molecular formula is C27H23F3N4O4. The number of nitrogens with zero attached hydrogens (tertiary/aromatic N) is 3. The van der Waals surface area contributed by atoms with Gasteiger partial charge in [0.15, 0.2) is 0 Å². The second kappa shape index (κ2) is 11.2. The molecular weight excluding hydrogens is 501 g/mol. The van der Waals surface area contributed by atoms with Crippen LogP contribution >= 0.6 is 0 Å². The summed E-state index contributed by atoms with van der Waals surface area (Å²) in [5.74, 6) is -4.44. The first-order valence-corrected chi connectivity index (χ1v) is 11.7. The Balaban J connectivity index is 1.78. The third-order valence-electron chi connectivity index (χ3n) is 5.89. The average molecular weight is 524 g/mol.